The lowest BCUT2D eigenvalue weighted by molar-refractivity contribution is 0.319. The Morgan fingerprint density at radius 2 is 1.90 bits per heavy atom. The topological polar surface area (TPSA) is 87.4 Å². The van der Waals surface area contributed by atoms with E-state index in [0.717, 1.165) is 0 Å². The van der Waals surface area contributed by atoms with Crippen molar-refractivity contribution in [3.8, 4) is 17.6 Å². The summed E-state index contributed by atoms with van der Waals surface area (Å²) in [5.41, 5.74) is 0.290. The fraction of sp³-hybridized carbons (Fsp3) is 0.133. The van der Waals surface area contributed by atoms with Gasteiger partial charge in [-0.25, -0.2) is 8.42 Å². The van der Waals surface area contributed by atoms with E-state index in [9.17, 15) is 13.5 Å². The molecule has 2 rings (SSSR count). The molecule has 21 heavy (non-hydrogen) atoms. The van der Waals surface area contributed by atoms with E-state index in [1.54, 1.807) is 18.2 Å². The number of ether oxygens (including phenoxy) is 1. The second-order valence-electron chi connectivity index (χ2n) is 4.27. The van der Waals surface area contributed by atoms with Crippen molar-refractivity contribution in [1.29, 1.82) is 5.26 Å². The zero-order valence-electron chi connectivity index (χ0n) is 11.1. The van der Waals surface area contributed by atoms with Gasteiger partial charge >= 0.3 is 0 Å². The summed E-state index contributed by atoms with van der Waals surface area (Å²) in [6.07, 6.45) is 0. The molecule has 2 aromatic carbocycles. The minimum atomic E-state index is -3.53. The second-order valence-corrected chi connectivity index (χ2v) is 6.38. The molecular weight excluding hydrogens is 290 g/mol. The molecule has 0 aliphatic heterocycles. The van der Waals surface area contributed by atoms with Crippen LogP contribution in [0.15, 0.2) is 53.4 Å². The molecule has 0 spiro atoms. The predicted octanol–water partition coefficient (Wildman–Crippen LogP) is 2.12. The summed E-state index contributed by atoms with van der Waals surface area (Å²) >= 11 is 0. The van der Waals surface area contributed by atoms with Crippen molar-refractivity contribution < 1.29 is 18.3 Å². The third-order valence-electron chi connectivity index (χ3n) is 2.80. The van der Waals surface area contributed by atoms with E-state index < -0.39 is 9.84 Å². The molecule has 5 nitrogen and oxygen atoms in total. The summed E-state index contributed by atoms with van der Waals surface area (Å²) in [5, 5.41) is 18.3. The fourth-order valence-corrected chi connectivity index (χ4v) is 2.85. The zero-order valence-corrected chi connectivity index (χ0v) is 11.9. The molecule has 0 aromatic heterocycles. The molecular formula is C15H13NO4S. The highest BCUT2D eigenvalue weighted by atomic mass is 32.2. The number of nitrogens with zero attached hydrogens (tertiary/aromatic N) is 1. The molecule has 1 N–H and O–H groups in total. The van der Waals surface area contributed by atoms with Crippen molar-refractivity contribution in [3.63, 3.8) is 0 Å². The van der Waals surface area contributed by atoms with Gasteiger partial charge in [-0.3, -0.25) is 0 Å². The quantitative estimate of drug-likeness (QED) is 0.914. The molecule has 0 aliphatic carbocycles. The molecule has 0 unspecified atom stereocenters. The van der Waals surface area contributed by atoms with E-state index in [1.165, 1.54) is 30.3 Å². The number of aromatic hydroxyl groups is 1. The van der Waals surface area contributed by atoms with Crippen LogP contribution in [0.2, 0.25) is 0 Å². The van der Waals surface area contributed by atoms with Gasteiger partial charge in [-0.2, -0.15) is 5.26 Å². The van der Waals surface area contributed by atoms with Gasteiger partial charge in [-0.15, -0.1) is 0 Å². The molecule has 0 radical (unpaired) electrons. The third kappa shape index (κ3) is 3.74. The van der Waals surface area contributed by atoms with Gasteiger partial charge in [0, 0.05) is 0 Å². The van der Waals surface area contributed by atoms with Crippen LogP contribution in [0.4, 0.5) is 0 Å². The lowest BCUT2D eigenvalue weighted by Crippen LogP contribution is -2.14. The van der Waals surface area contributed by atoms with Crippen LogP contribution < -0.4 is 4.74 Å². The first-order valence-electron chi connectivity index (χ1n) is 6.16. The number of benzene rings is 2. The summed E-state index contributed by atoms with van der Waals surface area (Å²) in [6, 6.07) is 14.1. The number of hydrogen-bond acceptors (Lipinski definition) is 5. The predicted molar refractivity (Wildman–Crippen MR) is 76.8 cm³/mol. The molecule has 0 saturated heterocycles. The number of phenolic OH excluding ortho intramolecular Hbond substituents is 1. The van der Waals surface area contributed by atoms with Gasteiger partial charge < -0.3 is 9.84 Å². The largest absolute Gasteiger partial charge is 0.504 e. The van der Waals surface area contributed by atoms with Crippen LogP contribution in [0, 0.1) is 11.3 Å². The smallest absolute Gasteiger partial charge is 0.181 e. The van der Waals surface area contributed by atoms with E-state index in [1.807, 2.05) is 6.07 Å². The van der Waals surface area contributed by atoms with E-state index in [4.69, 9.17) is 10.00 Å². The Morgan fingerprint density at radius 1 is 1.14 bits per heavy atom. The van der Waals surface area contributed by atoms with E-state index in [-0.39, 0.29) is 34.3 Å². The average Bonchev–Trinajstić information content (AvgIpc) is 2.49. The van der Waals surface area contributed by atoms with Crippen molar-refractivity contribution in [1.82, 2.24) is 0 Å². The number of nitriles is 1. The molecule has 0 amide bonds. The van der Waals surface area contributed by atoms with Gasteiger partial charge in [0.15, 0.2) is 21.3 Å². The number of para-hydroxylation sites is 2. The Balaban J connectivity index is 2.05. The second kappa shape index (κ2) is 6.29. The summed E-state index contributed by atoms with van der Waals surface area (Å²) in [4.78, 5) is 0.0856. The molecule has 0 atom stereocenters. The summed E-state index contributed by atoms with van der Waals surface area (Å²) < 4.78 is 29.5. The van der Waals surface area contributed by atoms with Crippen LogP contribution in [0.1, 0.15) is 5.56 Å². The van der Waals surface area contributed by atoms with Crippen molar-refractivity contribution in [2.75, 3.05) is 12.4 Å². The van der Waals surface area contributed by atoms with Gasteiger partial charge in [0.05, 0.1) is 22.3 Å². The SMILES string of the molecule is N#Cc1cccc(S(=O)(=O)CCOc2ccccc2O)c1. The van der Waals surface area contributed by atoms with Crippen LogP contribution >= 0.6 is 0 Å². The Kier molecular flexibility index (Phi) is 4.45. The van der Waals surface area contributed by atoms with Crippen LogP contribution in [0.3, 0.4) is 0 Å². The molecule has 0 heterocycles. The Labute approximate surface area is 123 Å². The number of sulfone groups is 1. The maximum Gasteiger partial charge on any atom is 0.181 e. The van der Waals surface area contributed by atoms with Gasteiger partial charge in [0.25, 0.3) is 0 Å². The van der Waals surface area contributed by atoms with E-state index in [0.29, 0.717) is 0 Å². The monoisotopic (exact) mass is 303 g/mol. The van der Waals surface area contributed by atoms with E-state index >= 15 is 0 Å². The summed E-state index contributed by atoms with van der Waals surface area (Å²) in [6.45, 7) is -0.0866. The molecule has 0 fully saturated rings. The number of hydrogen-bond donors (Lipinski definition) is 1. The highest BCUT2D eigenvalue weighted by Gasteiger charge is 2.15. The van der Waals surface area contributed by atoms with Crippen LogP contribution in [-0.2, 0) is 9.84 Å². The van der Waals surface area contributed by atoms with Crippen molar-refractivity contribution in [2.45, 2.75) is 4.90 Å². The molecule has 0 bridgehead atoms. The Morgan fingerprint density at radius 3 is 2.62 bits per heavy atom. The minimum Gasteiger partial charge on any atom is -0.504 e. The van der Waals surface area contributed by atoms with Crippen LogP contribution in [-0.4, -0.2) is 25.9 Å². The maximum absolute atomic E-state index is 12.1. The Hall–Kier alpha value is -2.52. The Bertz CT molecular complexity index is 778. The highest BCUT2D eigenvalue weighted by molar-refractivity contribution is 7.91. The summed E-state index contributed by atoms with van der Waals surface area (Å²) in [7, 11) is -3.53. The number of rotatable bonds is 5. The van der Waals surface area contributed by atoms with Gasteiger partial charge in [0.1, 0.15) is 6.61 Å². The first-order chi connectivity index (χ1) is 10.0. The first-order valence-corrected chi connectivity index (χ1v) is 7.82. The molecule has 2 aromatic rings. The van der Waals surface area contributed by atoms with Crippen molar-refractivity contribution in [2.24, 2.45) is 0 Å². The zero-order chi connectivity index (χ0) is 15.3. The first kappa shape index (κ1) is 14.9. The van der Waals surface area contributed by atoms with Gasteiger partial charge in [-0.05, 0) is 30.3 Å². The van der Waals surface area contributed by atoms with Crippen molar-refractivity contribution in [3.05, 3.63) is 54.1 Å². The lowest BCUT2D eigenvalue weighted by Gasteiger charge is -2.08. The standard InChI is InChI=1S/C15H13NO4S/c16-11-12-4-3-5-13(10-12)21(18,19)9-8-20-15-7-2-1-6-14(15)17/h1-7,10,17H,8-9H2. The number of phenols is 1. The third-order valence-corrected chi connectivity index (χ3v) is 4.47. The van der Waals surface area contributed by atoms with Crippen molar-refractivity contribution >= 4 is 9.84 Å². The minimum absolute atomic E-state index is 0.0404. The molecule has 0 saturated carbocycles. The maximum atomic E-state index is 12.1. The molecule has 0 aliphatic rings. The average molecular weight is 303 g/mol. The normalized spacial score (nSPS) is 10.8. The summed E-state index contributed by atoms with van der Waals surface area (Å²) in [5.74, 6) is -0.0456. The molecule has 6 heteroatoms. The van der Waals surface area contributed by atoms with Gasteiger partial charge in [0.2, 0.25) is 0 Å². The fourth-order valence-electron chi connectivity index (χ4n) is 1.72. The molecule has 108 valence electrons. The highest BCUT2D eigenvalue weighted by Crippen LogP contribution is 2.24. The van der Waals surface area contributed by atoms with Gasteiger partial charge in [-0.1, -0.05) is 18.2 Å². The van der Waals surface area contributed by atoms with Crippen LogP contribution in [0.5, 0.6) is 11.5 Å². The lowest BCUT2D eigenvalue weighted by atomic mass is 10.2. The van der Waals surface area contributed by atoms with E-state index in [2.05, 4.69) is 0 Å². The van der Waals surface area contributed by atoms with Crippen LogP contribution in [0.25, 0.3) is 0 Å².